The molecule has 0 atom stereocenters. The molecule has 17 heavy (non-hydrogen) atoms. The number of hydrogen-bond donors (Lipinski definition) is 2. The minimum Gasteiger partial charge on any atom is -0.504 e. The van der Waals surface area contributed by atoms with Crippen LogP contribution in [0.5, 0.6) is 5.75 Å². The van der Waals surface area contributed by atoms with Crippen molar-refractivity contribution in [1.29, 1.82) is 0 Å². The first-order chi connectivity index (χ1) is 8.16. The SMILES string of the molecule is Cc1ccc(C(=O)Nc2ncccc2O)cn1. The Morgan fingerprint density at radius 2 is 2.12 bits per heavy atom. The van der Waals surface area contributed by atoms with Crippen LogP contribution in [-0.4, -0.2) is 21.0 Å². The number of anilines is 1. The second kappa shape index (κ2) is 4.61. The smallest absolute Gasteiger partial charge is 0.258 e. The summed E-state index contributed by atoms with van der Waals surface area (Å²) in [5.74, 6) is -0.287. The molecule has 0 aliphatic rings. The van der Waals surface area contributed by atoms with E-state index in [1.807, 2.05) is 6.92 Å². The first kappa shape index (κ1) is 11.1. The van der Waals surface area contributed by atoms with Gasteiger partial charge in [0, 0.05) is 18.1 Å². The van der Waals surface area contributed by atoms with E-state index < -0.39 is 0 Å². The fourth-order valence-electron chi connectivity index (χ4n) is 1.27. The van der Waals surface area contributed by atoms with E-state index in [9.17, 15) is 9.90 Å². The number of carbonyl (C=O) groups excluding carboxylic acids is 1. The quantitative estimate of drug-likeness (QED) is 0.822. The molecule has 5 nitrogen and oxygen atoms in total. The van der Waals surface area contributed by atoms with Gasteiger partial charge in [0.2, 0.25) is 0 Å². The summed E-state index contributed by atoms with van der Waals surface area (Å²) < 4.78 is 0. The summed E-state index contributed by atoms with van der Waals surface area (Å²) in [6, 6.07) is 6.44. The van der Waals surface area contributed by atoms with Crippen molar-refractivity contribution >= 4 is 11.7 Å². The van der Waals surface area contributed by atoms with Gasteiger partial charge in [-0.05, 0) is 31.2 Å². The fraction of sp³-hybridized carbons (Fsp3) is 0.0833. The maximum absolute atomic E-state index is 11.8. The molecule has 2 heterocycles. The van der Waals surface area contributed by atoms with Gasteiger partial charge in [0.05, 0.1) is 5.56 Å². The molecule has 2 aromatic heterocycles. The minimum absolute atomic E-state index is 0.0686. The highest BCUT2D eigenvalue weighted by Crippen LogP contribution is 2.18. The van der Waals surface area contributed by atoms with Crippen LogP contribution in [0.25, 0.3) is 0 Å². The number of aromatic nitrogens is 2. The summed E-state index contributed by atoms with van der Waals surface area (Å²) in [6.07, 6.45) is 2.97. The van der Waals surface area contributed by atoms with Crippen molar-refractivity contribution in [2.75, 3.05) is 5.32 Å². The predicted octanol–water partition coefficient (Wildman–Crippen LogP) is 1.74. The molecule has 1 amide bonds. The van der Waals surface area contributed by atoms with E-state index >= 15 is 0 Å². The average molecular weight is 229 g/mol. The second-order valence-corrected chi connectivity index (χ2v) is 3.51. The maximum atomic E-state index is 11.8. The number of carbonyl (C=O) groups is 1. The maximum Gasteiger partial charge on any atom is 0.258 e. The molecule has 2 aromatic rings. The van der Waals surface area contributed by atoms with Gasteiger partial charge in [0.15, 0.2) is 11.6 Å². The lowest BCUT2D eigenvalue weighted by Crippen LogP contribution is -2.13. The molecule has 5 heteroatoms. The van der Waals surface area contributed by atoms with E-state index in [-0.39, 0.29) is 17.5 Å². The lowest BCUT2D eigenvalue weighted by Gasteiger charge is -2.05. The van der Waals surface area contributed by atoms with Crippen molar-refractivity contribution in [1.82, 2.24) is 9.97 Å². The van der Waals surface area contributed by atoms with Crippen LogP contribution in [0.3, 0.4) is 0 Å². The number of pyridine rings is 2. The van der Waals surface area contributed by atoms with Crippen LogP contribution in [-0.2, 0) is 0 Å². The lowest BCUT2D eigenvalue weighted by atomic mass is 10.2. The molecule has 86 valence electrons. The first-order valence-electron chi connectivity index (χ1n) is 5.05. The Balaban J connectivity index is 2.17. The standard InChI is InChI=1S/C12H11N3O2/c1-8-4-5-9(7-14-8)12(17)15-11-10(16)3-2-6-13-11/h2-7,16H,1H3,(H,13,15,17). The molecular formula is C12H11N3O2. The Hall–Kier alpha value is -2.43. The third-order valence-corrected chi connectivity index (χ3v) is 2.19. The molecule has 2 N–H and O–H groups in total. The highest BCUT2D eigenvalue weighted by Gasteiger charge is 2.09. The Kier molecular flexibility index (Phi) is 3.00. The highest BCUT2D eigenvalue weighted by atomic mass is 16.3. The van der Waals surface area contributed by atoms with Crippen molar-refractivity contribution in [2.45, 2.75) is 6.92 Å². The van der Waals surface area contributed by atoms with E-state index in [4.69, 9.17) is 0 Å². The molecule has 0 aromatic carbocycles. The van der Waals surface area contributed by atoms with E-state index in [1.165, 1.54) is 18.5 Å². The van der Waals surface area contributed by atoms with Crippen LogP contribution >= 0.6 is 0 Å². The minimum atomic E-state index is -0.355. The third kappa shape index (κ3) is 2.57. The Bertz CT molecular complexity index is 538. The van der Waals surface area contributed by atoms with Crippen LogP contribution in [0.2, 0.25) is 0 Å². The number of aryl methyl sites for hydroxylation is 1. The molecule has 0 spiro atoms. The van der Waals surface area contributed by atoms with E-state index in [0.29, 0.717) is 5.56 Å². The van der Waals surface area contributed by atoms with Gasteiger partial charge in [-0.3, -0.25) is 9.78 Å². The first-order valence-corrected chi connectivity index (χ1v) is 5.05. The number of nitrogens with one attached hydrogen (secondary N) is 1. The van der Waals surface area contributed by atoms with E-state index in [1.54, 1.807) is 18.2 Å². The van der Waals surface area contributed by atoms with Gasteiger partial charge in [-0.15, -0.1) is 0 Å². The third-order valence-electron chi connectivity index (χ3n) is 2.19. The van der Waals surface area contributed by atoms with Crippen LogP contribution in [0.4, 0.5) is 5.82 Å². The van der Waals surface area contributed by atoms with Crippen molar-refractivity contribution in [3.8, 4) is 5.75 Å². The number of aromatic hydroxyl groups is 1. The molecule has 0 fully saturated rings. The number of rotatable bonds is 2. The van der Waals surface area contributed by atoms with Gasteiger partial charge in [0.1, 0.15) is 0 Å². The van der Waals surface area contributed by atoms with Crippen LogP contribution in [0, 0.1) is 6.92 Å². The summed E-state index contributed by atoms with van der Waals surface area (Å²) in [5.41, 5.74) is 1.25. The van der Waals surface area contributed by atoms with Gasteiger partial charge < -0.3 is 10.4 Å². The molecule has 0 saturated carbocycles. The Morgan fingerprint density at radius 1 is 1.29 bits per heavy atom. The Labute approximate surface area is 98.2 Å². The predicted molar refractivity (Wildman–Crippen MR) is 62.8 cm³/mol. The number of amides is 1. The molecule has 0 unspecified atom stereocenters. The van der Waals surface area contributed by atoms with E-state index in [2.05, 4.69) is 15.3 Å². The van der Waals surface area contributed by atoms with Crippen molar-refractivity contribution < 1.29 is 9.90 Å². The molecule has 0 aliphatic heterocycles. The van der Waals surface area contributed by atoms with Crippen LogP contribution in [0.1, 0.15) is 16.1 Å². The van der Waals surface area contributed by atoms with Gasteiger partial charge in [0.25, 0.3) is 5.91 Å². The molecule has 2 rings (SSSR count). The zero-order valence-corrected chi connectivity index (χ0v) is 9.21. The molecular weight excluding hydrogens is 218 g/mol. The molecule has 0 aliphatic carbocycles. The molecule has 0 bridgehead atoms. The van der Waals surface area contributed by atoms with Crippen LogP contribution < -0.4 is 5.32 Å². The summed E-state index contributed by atoms with van der Waals surface area (Å²) in [7, 11) is 0. The fourth-order valence-corrected chi connectivity index (χ4v) is 1.27. The summed E-state index contributed by atoms with van der Waals surface area (Å²) in [6.45, 7) is 1.84. The zero-order valence-electron chi connectivity index (χ0n) is 9.21. The van der Waals surface area contributed by atoms with E-state index in [0.717, 1.165) is 5.69 Å². The molecule has 0 saturated heterocycles. The number of hydrogen-bond acceptors (Lipinski definition) is 4. The second-order valence-electron chi connectivity index (χ2n) is 3.51. The Morgan fingerprint density at radius 3 is 2.76 bits per heavy atom. The summed E-state index contributed by atoms with van der Waals surface area (Å²) in [5, 5.41) is 12.0. The van der Waals surface area contributed by atoms with Gasteiger partial charge >= 0.3 is 0 Å². The number of nitrogens with zero attached hydrogens (tertiary/aromatic N) is 2. The van der Waals surface area contributed by atoms with Crippen molar-refractivity contribution in [2.24, 2.45) is 0 Å². The van der Waals surface area contributed by atoms with Crippen molar-refractivity contribution in [3.05, 3.63) is 47.9 Å². The van der Waals surface area contributed by atoms with Gasteiger partial charge in [-0.1, -0.05) is 0 Å². The summed E-state index contributed by atoms with van der Waals surface area (Å²) >= 11 is 0. The topological polar surface area (TPSA) is 75.1 Å². The summed E-state index contributed by atoms with van der Waals surface area (Å²) in [4.78, 5) is 19.7. The van der Waals surface area contributed by atoms with Crippen LogP contribution in [0.15, 0.2) is 36.7 Å². The largest absolute Gasteiger partial charge is 0.504 e. The van der Waals surface area contributed by atoms with Gasteiger partial charge in [-0.25, -0.2) is 4.98 Å². The lowest BCUT2D eigenvalue weighted by molar-refractivity contribution is 0.102. The zero-order chi connectivity index (χ0) is 12.3. The van der Waals surface area contributed by atoms with Crippen molar-refractivity contribution in [3.63, 3.8) is 0 Å². The normalized spacial score (nSPS) is 9.94. The average Bonchev–Trinajstić information content (AvgIpc) is 2.33. The molecule has 0 radical (unpaired) electrons. The van der Waals surface area contributed by atoms with Gasteiger partial charge in [-0.2, -0.15) is 0 Å². The monoisotopic (exact) mass is 229 g/mol. The highest BCUT2D eigenvalue weighted by molar-refractivity contribution is 6.04.